The highest BCUT2D eigenvalue weighted by atomic mass is 32.1. The van der Waals surface area contributed by atoms with Crippen LogP contribution in [0.2, 0.25) is 0 Å². The molecule has 198 valence electrons. The first-order valence-corrected chi connectivity index (χ1v) is 13.2. The van der Waals surface area contributed by atoms with Gasteiger partial charge in [0.15, 0.2) is 5.82 Å². The molecule has 0 unspecified atom stereocenters. The van der Waals surface area contributed by atoms with E-state index < -0.39 is 5.97 Å². The molecule has 6 aromatic rings. The number of carbonyl (C=O) groups excluding carboxylic acids is 1. The summed E-state index contributed by atoms with van der Waals surface area (Å²) in [5.41, 5.74) is 4.50. The molecular formula is C30H23N5O4S. The number of methoxy groups -OCH3 is 1. The van der Waals surface area contributed by atoms with E-state index in [1.54, 1.807) is 36.1 Å². The number of hydrogen-bond acceptors (Lipinski definition) is 8. The minimum atomic E-state index is -0.450. The summed E-state index contributed by atoms with van der Waals surface area (Å²) in [6, 6.07) is 22.6. The van der Waals surface area contributed by atoms with E-state index in [9.17, 15) is 9.59 Å². The van der Waals surface area contributed by atoms with Crippen molar-refractivity contribution in [1.82, 2.24) is 24.4 Å². The van der Waals surface area contributed by atoms with Crippen molar-refractivity contribution in [3.63, 3.8) is 0 Å². The minimum Gasteiger partial charge on any atom is -0.496 e. The largest absolute Gasteiger partial charge is 0.496 e. The molecule has 0 bridgehead atoms. The lowest BCUT2D eigenvalue weighted by molar-refractivity contribution is -0.131. The van der Waals surface area contributed by atoms with Crippen LogP contribution >= 0.6 is 11.3 Å². The van der Waals surface area contributed by atoms with E-state index in [0.29, 0.717) is 26.6 Å². The minimum absolute atomic E-state index is 0.298. The number of aromatic nitrogens is 5. The van der Waals surface area contributed by atoms with Crippen LogP contribution in [0.15, 0.2) is 83.8 Å². The Morgan fingerprint density at radius 3 is 2.48 bits per heavy atom. The number of carbonyl (C=O) groups is 1. The molecule has 0 atom stereocenters. The van der Waals surface area contributed by atoms with Gasteiger partial charge >= 0.3 is 5.97 Å². The maximum absolute atomic E-state index is 13.4. The first-order chi connectivity index (χ1) is 19.4. The first kappa shape index (κ1) is 25.2. The van der Waals surface area contributed by atoms with Crippen molar-refractivity contribution < 1.29 is 14.3 Å². The van der Waals surface area contributed by atoms with Gasteiger partial charge in [-0.1, -0.05) is 41.7 Å². The van der Waals surface area contributed by atoms with E-state index in [-0.39, 0.29) is 5.56 Å². The van der Waals surface area contributed by atoms with Gasteiger partial charge in [0.2, 0.25) is 4.96 Å². The van der Waals surface area contributed by atoms with Crippen LogP contribution in [0, 0.1) is 6.92 Å². The number of thiazole rings is 1. The molecule has 3 heterocycles. The quantitative estimate of drug-likeness (QED) is 0.223. The summed E-state index contributed by atoms with van der Waals surface area (Å²) in [5, 5.41) is 9.30. The zero-order valence-corrected chi connectivity index (χ0v) is 22.7. The molecule has 0 saturated heterocycles. The number of para-hydroxylation sites is 2. The second-order valence-corrected chi connectivity index (χ2v) is 10.0. The van der Waals surface area contributed by atoms with Crippen LogP contribution in [0.4, 0.5) is 0 Å². The number of fused-ring (bicyclic) bond motifs is 1. The lowest BCUT2D eigenvalue weighted by Gasteiger charge is -2.06. The number of aryl methyl sites for hydroxylation is 1. The molecular weight excluding hydrogens is 526 g/mol. The normalized spacial score (nSPS) is 11.7. The molecule has 0 amide bonds. The zero-order valence-electron chi connectivity index (χ0n) is 21.9. The third-order valence-electron chi connectivity index (χ3n) is 6.28. The van der Waals surface area contributed by atoms with Crippen molar-refractivity contribution in [2.75, 3.05) is 7.11 Å². The number of rotatable bonds is 6. The van der Waals surface area contributed by atoms with Crippen molar-refractivity contribution in [2.24, 2.45) is 0 Å². The molecule has 0 aliphatic heterocycles. The van der Waals surface area contributed by atoms with Crippen molar-refractivity contribution in [2.45, 2.75) is 13.8 Å². The van der Waals surface area contributed by atoms with Gasteiger partial charge in [0.1, 0.15) is 17.2 Å². The lowest BCUT2D eigenvalue weighted by Crippen LogP contribution is -2.23. The Kier molecular flexibility index (Phi) is 6.45. The average Bonchev–Trinajstić information content (AvgIpc) is 3.64. The molecule has 10 heteroatoms. The summed E-state index contributed by atoms with van der Waals surface area (Å²) in [5.74, 6) is 0.974. The summed E-state index contributed by atoms with van der Waals surface area (Å²) >= 11 is 1.23. The Balaban J connectivity index is 1.47. The van der Waals surface area contributed by atoms with Gasteiger partial charge in [-0.25, -0.2) is 4.68 Å². The van der Waals surface area contributed by atoms with Crippen molar-refractivity contribution in [1.29, 1.82) is 0 Å². The van der Waals surface area contributed by atoms with Gasteiger partial charge in [-0.05, 0) is 61.0 Å². The zero-order chi connectivity index (χ0) is 27.8. The average molecular weight is 550 g/mol. The molecule has 0 aliphatic carbocycles. The van der Waals surface area contributed by atoms with Gasteiger partial charge in [0.05, 0.1) is 22.9 Å². The van der Waals surface area contributed by atoms with E-state index in [1.807, 2.05) is 67.7 Å². The summed E-state index contributed by atoms with van der Waals surface area (Å²) in [6.45, 7) is 3.31. The topological polar surface area (TPSA) is 101 Å². The van der Waals surface area contributed by atoms with Gasteiger partial charge < -0.3 is 9.47 Å². The Labute approximate surface area is 232 Å². The van der Waals surface area contributed by atoms with E-state index in [4.69, 9.17) is 14.6 Å². The van der Waals surface area contributed by atoms with E-state index >= 15 is 0 Å². The van der Waals surface area contributed by atoms with Crippen LogP contribution in [0.25, 0.3) is 39.4 Å². The summed E-state index contributed by atoms with van der Waals surface area (Å²) in [6.07, 6.45) is 3.72. The third kappa shape index (κ3) is 4.65. The predicted molar refractivity (Wildman–Crippen MR) is 153 cm³/mol. The Hall–Kier alpha value is -5.09. The van der Waals surface area contributed by atoms with Gasteiger partial charge in [-0.3, -0.25) is 9.59 Å². The van der Waals surface area contributed by atoms with E-state index in [1.165, 1.54) is 22.8 Å². The highest BCUT2D eigenvalue weighted by Crippen LogP contribution is 2.30. The molecule has 0 spiro atoms. The number of ether oxygens (including phenoxy) is 2. The summed E-state index contributed by atoms with van der Waals surface area (Å²) in [4.78, 5) is 29.9. The fourth-order valence-electron chi connectivity index (χ4n) is 4.44. The van der Waals surface area contributed by atoms with Crippen molar-refractivity contribution >= 4 is 28.3 Å². The second-order valence-electron chi connectivity index (χ2n) is 9.03. The van der Waals surface area contributed by atoms with Crippen molar-refractivity contribution in [3.05, 3.63) is 105 Å². The highest BCUT2D eigenvalue weighted by molar-refractivity contribution is 7.15. The number of hydrogen-bond donors (Lipinski definition) is 0. The van der Waals surface area contributed by atoms with Crippen LogP contribution in [-0.2, 0) is 4.79 Å². The standard InChI is InChI=1S/C30H23N5O4S/c1-18-15-20(13-14-24(18)38-3)27-21(17-34(32-27)22-9-5-4-6-10-22)16-26-29(37)35-30(40-26)31-28(33-35)23-11-7-8-12-25(23)39-19(2)36/h4-17H,1-3H3. The molecule has 0 aliphatic rings. The number of nitrogens with zero attached hydrogens (tertiary/aromatic N) is 5. The molecule has 0 N–H and O–H groups in total. The van der Waals surface area contributed by atoms with Crippen LogP contribution in [0.3, 0.4) is 0 Å². The lowest BCUT2D eigenvalue weighted by atomic mass is 10.0. The summed E-state index contributed by atoms with van der Waals surface area (Å²) < 4.78 is 14.3. The van der Waals surface area contributed by atoms with Crippen molar-refractivity contribution in [3.8, 4) is 39.8 Å². The molecule has 3 aromatic carbocycles. The second kappa shape index (κ2) is 10.2. The molecule has 0 saturated carbocycles. The highest BCUT2D eigenvalue weighted by Gasteiger charge is 2.18. The van der Waals surface area contributed by atoms with Crippen LogP contribution in [0.1, 0.15) is 18.1 Å². The van der Waals surface area contributed by atoms with E-state index in [2.05, 4.69) is 10.1 Å². The van der Waals surface area contributed by atoms with Crippen LogP contribution in [-0.4, -0.2) is 37.5 Å². The molecule has 40 heavy (non-hydrogen) atoms. The molecule has 6 rings (SSSR count). The van der Waals surface area contributed by atoms with Crippen LogP contribution in [0.5, 0.6) is 11.5 Å². The molecule has 0 fully saturated rings. The fraction of sp³-hybridized carbons (Fsp3) is 0.100. The third-order valence-corrected chi connectivity index (χ3v) is 7.24. The Morgan fingerprint density at radius 2 is 1.75 bits per heavy atom. The van der Waals surface area contributed by atoms with Gasteiger partial charge in [-0.2, -0.15) is 14.6 Å². The Bertz CT molecular complexity index is 1990. The SMILES string of the molecule is COc1ccc(-c2nn(-c3ccccc3)cc2C=c2sc3nc(-c4ccccc4OC(C)=O)nn3c2=O)cc1C. The Morgan fingerprint density at radius 1 is 0.975 bits per heavy atom. The van der Waals surface area contributed by atoms with Crippen LogP contribution < -0.4 is 19.6 Å². The molecule has 9 nitrogen and oxygen atoms in total. The fourth-order valence-corrected chi connectivity index (χ4v) is 5.34. The monoisotopic (exact) mass is 549 g/mol. The summed E-state index contributed by atoms with van der Waals surface area (Å²) in [7, 11) is 1.64. The number of benzene rings is 3. The first-order valence-electron chi connectivity index (χ1n) is 12.4. The maximum atomic E-state index is 13.4. The van der Waals surface area contributed by atoms with Gasteiger partial charge in [-0.15, -0.1) is 5.10 Å². The van der Waals surface area contributed by atoms with Gasteiger partial charge in [0.25, 0.3) is 5.56 Å². The maximum Gasteiger partial charge on any atom is 0.308 e. The van der Waals surface area contributed by atoms with E-state index in [0.717, 1.165) is 33.8 Å². The molecule has 0 radical (unpaired) electrons. The number of esters is 1. The van der Waals surface area contributed by atoms with Gasteiger partial charge in [0, 0.05) is 24.2 Å². The smallest absolute Gasteiger partial charge is 0.308 e. The molecule has 3 aromatic heterocycles. The predicted octanol–water partition coefficient (Wildman–Crippen LogP) is 4.46.